The number of carbonyl (C=O) groups is 2. The summed E-state index contributed by atoms with van der Waals surface area (Å²) >= 11 is 0. The molecule has 2 aliphatic heterocycles. The Labute approximate surface area is 201 Å². The summed E-state index contributed by atoms with van der Waals surface area (Å²) in [6.07, 6.45) is -5.07. The van der Waals surface area contributed by atoms with Gasteiger partial charge in [-0.3, -0.25) is 4.79 Å². The molecule has 12 nitrogen and oxygen atoms in total. The number of aromatic hydroxyl groups is 1. The molecule has 0 aromatic heterocycles. The Bertz CT molecular complexity index is 933. The lowest BCUT2D eigenvalue weighted by Gasteiger charge is -2.40. The van der Waals surface area contributed by atoms with Crippen molar-refractivity contribution in [2.75, 3.05) is 26.9 Å². The Kier molecular flexibility index (Phi) is 8.70. The normalized spacial score (nSPS) is 31.8. The van der Waals surface area contributed by atoms with E-state index in [1.807, 2.05) is 0 Å². The predicted octanol–water partition coefficient (Wildman–Crippen LogP) is -0.904. The van der Waals surface area contributed by atoms with Crippen molar-refractivity contribution >= 4 is 18.0 Å². The van der Waals surface area contributed by atoms with E-state index in [0.29, 0.717) is 5.56 Å². The fourth-order valence-electron chi connectivity index (χ4n) is 3.63. The Morgan fingerprint density at radius 1 is 1.26 bits per heavy atom. The first kappa shape index (κ1) is 26.9. The quantitative estimate of drug-likeness (QED) is 0.209. The van der Waals surface area contributed by atoms with Crippen molar-refractivity contribution in [2.45, 2.75) is 49.7 Å². The van der Waals surface area contributed by atoms with Gasteiger partial charge < -0.3 is 49.2 Å². The number of esters is 2. The van der Waals surface area contributed by atoms with Gasteiger partial charge in [-0.1, -0.05) is 13.0 Å². The summed E-state index contributed by atoms with van der Waals surface area (Å²) in [5, 5.41) is 50.7. The van der Waals surface area contributed by atoms with E-state index < -0.39 is 60.8 Å². The first-order valence-corrected chi connectivity index (χ1v) is 10.9. The number of benzene rings is 1. The molecule has 0 aliphatic carbocycles. The van der Waals surface area contributed by atoms with E-state index in [-0.39, 0.29) is 31.1 Å². The number of phenols is 1. The van der Waals surface area contributed by atoms with Crippen LogP contribution < -0.4 is 4.74 Å². The summed E-state index contributed by atoms with van der Waals surface area (Å²) < 4.78 is 25.9. The number of hydrogen-bond donors (Lipinski definition) is 5. The van der Waals surface area contributed by atoms with Gasteiger partial charge in [-0.05, 0) is 23.8 Å². The number of hydrogen-bond acceptors (Lipinski definition) is 12. The molecule has 0 radical (unpaired) electrons. The monoisotopic (exact) mass is 498 g/mol. The van der Waals surface area contributed by atoms with Crippen molar-refractivity contribution < 1.29 is 58.8 Å². The average Bonchev–Trinajstić information content (AvgIpc) is 3.20. The number of aliphatic hydroxyl groups is 4. The van der Waals surface area contributed by atoms with Crippen LogP contribution in [0.4, 0.5) is 0 Å². The first-order valence-electron chi connectivity index (χ1n) is 10.9. The van der Waals surface area contributed by atoms with E-state index in [1.165, 1.54) is 25.3 Å². The molecule has 7 unspecified atom stereocenters. The largest absolute Gasteiger partial charge is 0.504 e. The first-order chi connectivity index (χ1) is 16.5. The highest BCUT2D eigenvalue weighted by Gasteiger charge is 2.47. The van der Waals surface area contributed by atoms with Crippen molar-refractivity contribution in [2.24, 2.45) is 5.92 Å². The zero-order valence-corrected chi connectivity index (χ0v) is 19.3. The molecule has 2 heterocycles. The molecule has 12 heteroatoms. The van der Waals surface area contributed by atoms with Crippen LogP contribution in [0.1, 0.15) is 18.9 Å². The molecule has 2 aliphatic rings. The zero-order valence-electron chi connectivity index (χ0n) is 19.3. The summed E-state index contributed by atoms with van der Waals surface area (Å²) in [5.74, 6) is -1.71. The standard InChI is InChI=1S/C23H30O12/c1-12(23(30)8-18(26)34-11-23)9-33-22-21(29)20(28)19(27)16(35-22)10-32-17(25)6-4-13-3-5-14(24)15(7-13)31-2/h3-7,12,16,19-22,24,27-30H,8-11H2,1-2H3. The lowest BCUT2D eigenvalue weighted by Crippen LogP contribution is -2.59. The van der Waals surface area contributed by atoms with Crippen LogP contribution in [0.3, 0.4) is 0 Å². The second kappa shape index (κ2) is 11.3. The molecule has 1 aromatic rings. The smallest absolute Gasteiger partial charge is 0.330 e. The van der Waals surface area contributed by atoms with Gasteiger partial charge >= 0.3 is 11.9 Å². The van der Waals surface area contributed by atoms with Crippen molar-refractivity contribution in [1.29, 1.82) is 0 Å². The Morgan fingerprint density at radius 2 is 2.00 bits per heavy atom. The molecule has 0 bridgehead atoms. The average molecular weight is 498 g/mol. The van der Waals surface area contributed by atoms with Crippen LogP contribution in [0.2, 0.25) is 0 Å². The van der Waals surface area contributed by atoms with E-state index in [1.54, 1.807) is 13.0 Å². The minimum absolute atomic E-state index is 0.0539. The molecule has 3 rings (SSSR count). The van der Waals surface area contributed by atoms with Gasteiger partial charge in [0.25, 0.3) is 0 Å². The lowest BCUT2D eigenvalue weighted by atomic mass is 9.88. The van der Waals surface area contributed by atoms with Crippen molar-refractivity contribution in [3.05, 3.63) is 29.8 Å². The van der Waals surface area contributed by atoms with Crippen molar-refractivity contribution in [3.8, 4) is 11.5 Å². The van der Waals surface area contributed by atoms with Gasteiger partial charge in [-0.15, -0.1) is 0 Å². The highest BCUT2D eigenvalue weighted by Crippen LogP contribution is 2.30. The second-order valence-electron chi connectivity index (χ2n) is 8.58. The van der Waals surface area contributed by atoms with Gasteiger partial charge in [0.15, 0.2) is 17.8 Å². The molecule has 1 aromatic carbocycles. The SMILES string of the molecule is COc1cc(C=CC(=O)OCC2OC(OCC(C)C3(O)COC(=O)C3)C(O)C(O)C2O)ccc1O. The number of methoxy groups -OCH3 is 1. The van der Waals surface area contributed by atoms with Gasteiger partial charge in [0.05, 0.1) is 20.1 Å². The molecule has 194 valence electrons. The minimum atomic E-state index is -1.65. The summed E-state index contributed by atoms with van der Waals surface area (Å²) in [4.78, 5) is 23.4. The number of ether oxygens (including phenoxy) is 5. The van der Waals surface area contributed by atoms with Crippen LogP contribution in [0.25, 0.3) is 6.08 Å². The van der Waals surface area contributed by atoms with E-state index >= 15 is 0 Å². The van der Waals surface area contributed by atoms with Crippen LogP contribution in [0, 0.1) is 5.92 Å². The molecular formula is C23H30O12. The second-order valence-corrected chi connectivity index (χ2v) is 8.58. The number of aliphatic hydroxyl groups excluding tert-OH is 3. The van der Waals surface area contributed by atoms with Crippen LogP contribution in [-0.4, -0.2) is 101 Å². The third kappa shape index (κ3) is 6.48. The summed E-state index contributed by atoms with van der Waals surface area (Å²) in [6.45, 7) is 0.838. The van der Waals surface area contributed by atoms with Crippen molar-refractivity contribution in [3.63, 3.8) is 0 Å². The topological polar surface area (TPSA) is 181 Å². The number of rotatable bonds is 9. The number of cyclic esters (lactones) is 1. The van der Waals surface area contributed by atoms with Gasteiger partial charge in [-0.2, -0.15) is 0 Å². The Hall–Kier alpha value is -2.74. The predicted molar refractivity (Wildman–Crippen MR) is 117 cm³/mol. The molecule has 0 spiro atoms. The molecule has 2 saturated heterocycles. The maximum absolute atomic E-state index is 12.1. The molecule has 0 amide bonds. The van der Waals surface area contributed by atoms with Gasteiger partial charge in [-0.25, -0.2) is 4.79 Å². The molecular weight excluding hydrogens is 468 g/mol. The van der Waals surface area contributed by atoms with Crippen LogP contribution >= 0.6 is 0 Å². The fraction of sp³-hybridized carbons (Fsp3) is 0.565. The maximum atomic E-state index is 12.1. The van der Waals surface area contributed by atoms with Crippen LogP contribution in [0.5, 0.6) is 11.5 Å². The molecule has 2 fully saturated rings. The van der Waals surface area contributed by atoms with Gasteiger partial charge in [0.1, 0.15) is 43.2 Å². The van der Waals surface area contributed by atoms with E-state index in [0.717, 1.165) is 6.08 Å². The maximum Gasteiger partial charge on any atom is 0.330 e. The van der Waals surface area contributed by atoms with Crippen molar-refractivity contribution in [1.82, 2.24) is 0 Å². The Balaban J connectivity index is 1.53. The Morgan fingerprint density at radius 3 is 2.66 bits per heavy atom. The number of phenolic OH excluding ortho intramolecular Hbond substituents is 1. The van der Waals surface area contributed by atoms with E-state index in [4.69, 9.17) is 23.7 Å². The van der Waals surface area contributed by atoms with E-state index in [9.17, 15) is 35.1 Å². The minimum Gasteiger partial charge on any atom is -0.504 e. The zero-order chi connectivity index (χ0) is 25.8. The third-order valence-electron chi connectivity index (χ3n) is 6.04. The molecule has 7 atom stereocenters. The third-order valence-corrected chi connectivity index (χ3v) is 6.04. The van der Waals surface area contributed by atoms with Gasteiger partial charge in [0, 0.05) is 12.0 Å². The molecule has 35 heavy (non-hydrogen) atoms. The lowest BCUT2D eigenvalue weighted by molar-refractivity contribution is -0.305. The van der Waals surface area contributed by atoms with Crippen LogP contribution in [0.15, 0.2) is 24.3 Å². The van der Waals surface area contributed by atoms with Crippen LogP contribution in [-0.2, 0) is 28.5 Å². The summed E-state index contributed by atoms with van der Waals surface area (Å²) in [6, 6.07) is 4.47. The summed E-state index contributed by atoms with van der Waals surface area (Å²) in [5.41, 5.74) is -0.875. The number of carbonyl (C=O) groups excluding carboxylic acids is 2. The highest BCUT2D eigenvalue weighted by atomic mass is 16.7. The molecule has 5 N–H and O–H groups in total. The highest BCUT2D eigenvalue weighted by molar-refractivity contribution is 5.87. The van der Waals surface area contributed by atoms with E-state index in [2.05, 4.69) is 0 Å². The molecule has 0 saturated carbocycles. The fourth-order valence-corrected chi connectivity index (χ4v) is 3.63. The van der Waals surface area contributed by atoms with Gasteiger partial charge in [0.2, 0.25) is 0 Å². The summed E-state index contributed by atoms with van der Waals surface area (Å²) in [7, 11) is 1.39.